The number of halogens is 1. The predicted molar refractivity (Wildman–Crippen MR) is 67.5 cm³/mol. The third kappa shape index (κ3) is 2.94. The molecule has 1 saturated heterocycles. The van der Waals surface area contributed by atoms with Crippen molar-refractivity contribution >= 4 is 28.8 Å². The fraction of sp³-hybridized carbons (Fsp3) is 0.700. The minimum atomic E-state index is -0.0797. The molecule has 1 aromatic rings. The van der Waals surface area contributed by atoms with Crippen LogP contribution in [0.5, 0.6) is 0 Å². The van der Waals surface area contributed by atoms with E-state index in [1.807, 2.05) is 7.05 Å². The third-order valence-corrected chi connectivity index (χ3v) is 4.15. The summed E-state index contributed by atoms with van der Waals surface area (Å²) in [4.78, 5) is 16.1. The Bertz CT molecular complexity index is 403. The van der Waals surface area contributed by atoms with Gasteiger partial charge >= 0.3 is 0 Å². The van der Waals surface area contributed by atoms with Crippen LogP contribution in [0, 0.1) is 0 Å². The molecule has 17 heavy (non-hydrogen) atoms. The molecule has 94 valence electrons. The zero-order valence-electron chi connectivity index (χ0n) is 9.89. The number of hydrogen-bond donors (Lipinski definition) is 0. The van der Waals surface area contributed by atoms with E-state index in [1.54, 1.807) is 4.90 Å². The van der Waals surface area contributed by atoms with E-state index in [2.05, 4.69) is 22.1 Å². The summed E-state index contributed by atoms with van der Waals surface area (Å²) in [6.07, 6.45) is 2.01. The minimum absolute atomic E-state index is 0.0797. The highest BCUT2D eigenvalue weighted by molar-refractivity contribution is 7.17. The van der Waals surface area contributed by atoms with Crippen molar-refractivity contribution in [2.45, 2.75) is 18.9 Å². The molecule has 0 aliphatic carbocycles. The van der Waals surface area contributed by atoms with Gasteiger partial charge in [-0.05, 0) is 44.6 Å². The van der Waals surface area contributed by atoms with Crippen molar-refractivity contribution in [1.82, 2.24) is 20.0 Å². The Morgan fingerprint density at radius 1 is 1.47 bits per heavy atom. The Morgan fingerprint density at radius 2 is 2.12 bits per heavy atom. The molecular weight excluding hydrogens is 260 g/mol. The van der Waals surface area contributed by atoms with Gasteiger partial charge in [0.05, 0.1) is 0 Å². The number of nitrogens with zero attached hydrogens (tertiary/aromatic N) is 4. The number of likely N-dealkylation sites (tertiary alicyclic amines) is 1. The van der Waals surface area contributed by atoms with E-state index in [4.69, 9.17) is 11.6 Å². The second kappa shape index (κ2) is 5.29. The summed E-state index contributed by atoms with van der Waals surface area (Å²) in [5.74, 6) is -0.0797. The first-order chi connectivity index (χ1) is 8.08. The van der Waals surface area contributed by atoms with Gasteiger partial charge in [0.2, 0.25) is 9.47 Å². The maximum absolute atomic E-state index is 12.1. The summed E-state index contributed by atoms with van der Waals surface area (Å²) >= 11 is 6.81. The SMILES string of the molecule is CN1CCC(N(C)C(=O)c2nnc(Cl)s2)CC1. The van der Waals surface area contributed by atoms with Crippen LogP contribution in [0.3, 0.4) is 0 Å². The van der Waals surface area contributed by atoms with Crippen molar-refractivity contribution in [3.8, 4) is 0 Å². The highest BCUT2D eigenvalue weighted by Gasteiger charge is 2.26. The molecule has 0 bridgehead atoms. The molecule has 0 aromatic carbocycles. The first-order valence-corrected chi connectivity index (χ1v) is 6.72. The van der Waals surface area contributed by atoms with E-state index in [9.17, 15) is 4.79 Å². The van der Waals surface area contributed by atoms with Crippen molar-refractivity contribution in [3.63, 3.8) is 0 Å². The lowest BCUT2D eigenvalue weighted by molar-refractivity contribution is 0.0658. The molecule has 2 rings (SSSR count). The van der Waals surface area contributed by atoms with Crippen molar-refractivity contribution < 1.29 is 4.79 Å². The summed E-state index contributed by atoms with van der Waals surface area (Å²) in [5, 5.41) is 7.81. The van der Waals surface area contributed by atoms with Crippen LogP contribution < -0.4 is 0 Å². The van der Waals surface area contributed by atoms with Crippen LogP contribution in [0.1, 0.15) is 22.6 Å². The van der Waals surface area contributed by atoms with Gasteiger partial charge in [-0.3, -0.25) is 4.79 Å². The van der Waals surface area contributed by atoms with Crippen molar-refractivity contribution in [3.05, 3.63) is 9.47 Å². The van der Waals surface area contributed by atoms with Crippen LogP contribution >= 0.6 is 22.9 Å². The van der Waals surface area contributed by atoms with Gasteiger partial charge in [-0.25, -0.2) is 0 Å². The number of amides is 1. The Kier molecular flexibility index (Phi) is 3.96. The van der Waals surface area contributed by atoms with Crippen LogP contribution in [0.25, 0.3) is 0 Å². The van der Waals surface area contributed by atoms with E-state index in [-0.39, 0.29) is 5.91 Å². The smallest absolute Gasteiger partial charge is 0.284 e. The highest BCUT2D eigenvalue weighted by Crippen LogP contribution is 2.20. The lowest BCUT2D eigenvalue weighted by Crippen LogP contribution is -2.44. The van der Waals surface area contributed by atoms with Crippen LogP contribution in [-0.4, -0.2) is 59.1 Å². The molecular formula is C10H15ClN4OS. The molecule has 1 aromatic heterocycles. The number of carbonyl (C=O) groups excluding carboxylic acids is 1. The number of hydrogen-bond acceptors (Lipinski definition) is 5. The van der Waals surface area contributed by atoms with Gasteiger partial charge in [0.1, 0.15) is 0 Å². The molecule has 5 nitrogen and oxygen atoms in total. The van der Waals surface area contributed by atoms with E-state index in [1.165, 1.54) is 0 Å². The van der Waals surface area contributed by atoms with Gasteiger partial charge < -0.3 is 9.80 Å². The monoisotopic (exact) mass is 274 g/mol. The maximum atomic E-state index is 12.1. The molecule has 1 fully saturated rings. The molecule has 1 amide bonds. The fourth-order valence-corrected chi connectivity index (χ4v) is 2.80. The molecule has 0 saturated carbocycles. The number of aromatic nitrogens is 2. The van der Waals surface area contributed by atoms with E-state index < -0.39 is 0 Å². The average Bonchev–Trinajstić information content (AvgIpc) is 2.75. The quantitative estimate of drug-likeness (QED) is 0.817. The lowest BCUT2D eigenvalue weighted by Gasteiger charge is -2.34. The lowest BCUT2D eigenvalue weighted by atomic mass is 10.0. The Hall–Kier alpha value is -0.720. The largest absolute Gasteiger partial charge is 0.337 e. The molecule has 0 radical (unpaired) electrons. The molecule has 0 spiro atoms. The van der Waals surface area contributed by atoms with Crippen molar-refractivity contribution in [1.29, 1.82) is 0 Å². The minimum Gasteiger partial charge on any atom is -0.337 e. The predicted octanol–water partition coefficient (Wildman–Crippen LogP) is 1.36. The first-order valence-electron chi connectivity index (χ1n) is 5.52. The number of piperidine rings is 1. The Labute approximate surface area is 109 Å². The van der Waals surface area contributed by atoms with Crippen LogP contribution in [-0.2, 0) is 0 Å². The van der Waals surface area contributed by atoms with E-state index >= 15 is 0 Å². The topological polar surface area (TPSA) is 49.3 Å². The molecule has 0 atom stereocenters. The summed E-state index contributed by atoms with van der Waals surface area (Å²) in [6.45, 7) is 2.05. The van der Waals surface area contributed by atoms with Gasteiger partial charge in [0.25, 0.3) is 5.91 Å². The average molecular weight is 275 g/mol. The molecule has 7 heteroatoms. The summed E-state index contributed by atoms with van der Waals surface area (Å²) in [6, 6.07) is 0.293. The summed E-state index contributed by atoms with van der Waals surface area (Å²) in [5.41, 5.74) is 0. The van der Waals surface area contributed by atoms with Gasteiger partial charge in [0.15, 0.2) is 0 Å². The molecule has 1 aliphatic heterocycles. The number of rotatable bonds is 2. The zero-order chi connectivity index (χ0) is 12.4. The summed E-state index contributed by atoms with van der Waals surface area (Å²) in [7, 11) is 3.93. The highest BCUT2D eigenvalue weighted by atomic mass is 35.5. The van der Waals surface area contributed by atoms with Crippen LogP contribution in [0.2, 0.25) is 4.47 Å². The van der Waals surface area contributed by atoms with E-state index in [0.29, 0.717) is 15.5 Å². The van der Waals surface area contributed by atoms with Crippen molar-refractivity contribution in [2.24, 2.45) is 0 Å². The normalized spacial score (nSPS) is 18.3. The molecule has 0 unspecified atom stereocenters. The van der Waals surface area contributed by atoms with Crippen LogP contribution in [0.15, 0.2) is 0 Å². The Balaban J connectivity index is 2.00. The van der Waals surface area contributed by atoms with Crippen LogP contribution in [0.4, 0.5) is 0 Å². The molecule has 1 aliphatic rings. The molecule has 2 heterocycles. The van der Waals surface area contributed by atoms with Gasteiger partial charge in [0, 0.05) is 13.1 Å². The van der Waals surface area contributed by atoms with Crippen molar-refractivity contribution in [2.75, 3.05) is 27.2 Å². The Morgan fingerprint density at radius 3 is 2.65 bits per heavy atom. The van der Waals surface area contributed by atoms with Gasteiger partial charge in [-0.2, -0.15) is 0 Å². The second-order valence-corrected chi connectivity index (χ2v) is 5.87. The van der Waals surface area contributed by atoms with E-state index in [0.717, 1.165) is 37.3 Å². The third-order valence-electron chi connectivity index (χ3n) is 3.14. The standard InChI is InChI=1S/C10H15ClN4OS/c1-14-5-3-7(4-6-14)15(2)9(16)8-12-13-10(11)17-8/h7H,3-6H2,1-2H3. The molecule has 0 N–H and O–H groups in total. The fourth-order valence-electron chi connectivity index (χ4n) is 1.99. The summed E-state index contributed by atoms with van der Waals surface area (Å²) < 4.78 is 0.310. The zero-order valence-corrected chi connectivity index (χ0v) is 11.5. The maximum Gasteiger partial charge on any atom is 0.284 e. The first kappa shape index (κ1) is 12.7. The second-order valence-electron chi connectivity index (χ2n) is 4.31. The number of carbonyl (C=O) groups is 1. The van der Waals surface area contributed by atoms with Gasteiger partial charge in [-0.1, -0.05) is 11.3 Å². The van der Waals surface area contributed by atoms with Gasteiger partial charge in [-0.15, -0.1) is 10.2 Å².